The number of carbonyl (C=O) groups excluding carboxylic acids is 1. The Kier molecular flexibility index (Phi) is 5.65. The molecule has 0 spiro atoms. The van der Waals surface area contributed by atoms with Gasteiger partial charge in [0.15, 0.2) is 0 Å². The Labute approximate surface area is 159 Å². The van der Waals surface area contributed by atoms with Crippen molar-refractivity contribution in [1.82, 2.24) is 9.62 Å². The maximum absolute atomic E-state index is 12.9. The molecule has 1 fully saturated rings. The lowest BCUT2D eigenvalue weighted by molar-refractivity contribution is -0.124. The lowest BCUT2D eigenvalue weighted by atomic mass is 10.1. The van der Waals surface area contributed by atoms with Gasteiger partial charge in [0, 0.05) is 18.1 Å². The third-order valence-electron chi connectivity index (χ3n) is 4.51. The molecule has 138 valence electrons. The van der Waals surface area contributed by atoms with Gasteiger partial charge in [-0.1, -0.05) is 41.4 Å². The first-order valence-electron chi connectivity index (χ1n) is 8.48. The van der Waals surface area contributed by atoms with E-state index in [-0.39, 0.29) is 10.8 Å². The van der Waals surface area contributed by atoms with Crippen molar-refractivity contribution >= 4 is 27.5 Å². The summed E-state index contributed by atoms with van der Waals surface area (Å²) in [4.78, 5) is 12.7. The van der Waals surface area contributed by atoms with Crippen molar-refractivity contribution in [2.45, 2.75) is 37.2 Å². The minimum Gasteiger partial charge on any atom is -0.351 e. The van der Waals surface area contributed by atoms with E-state index in [1.165, 1.54) is 28.6 Å². The van der Waals surface area contributed by atoms with Crippen LogP contribution in [0, 0.1) is 6.92 Å². The van der Waals surface area contributed by atoms with Gasteiger partial charge in [-0.15, -0.1) is 0 Å². The number of sulfonamides is 1. The number of aryl methyl sites for hydroxylation is 1. The molecule has 2 aromatic rings. The summed E-state index contributed by atoms with van der Waals surface area (Å²) in [5, 5.41) is 3.33. The first-order valence-corrected chi connectivity index (χ1v) is 10.3. The van der Waals surface area contributed by atoms with E-state index in [9.17, 15) is 13.2 Å². The Balaban J connectivity index is 1.71. The van der Waals surface area contributed by atoms with E-state index in [1.54, 1.807) is 0 Å². The van der Waals surface area contributed by atoms with Crippen LogP contribution in [0.25, 0.3) is 0 Å². The maximum atomic E-state index is 12.9. The second-order valence-corrected chi connectivity index (χ2v) is 8.76. The van der Waals surface area contributed by atoms with E-state index in [0.29, 0.717) is 31.0 Å². The Hall–Kier alpha value is -1.89. The van der Waals surface area contributed by atoms with E-state index < -0.39 is 16.1 Å². The van der Waals surface area contributed by atoms with Crippen LogP contribution in [-0.2, 0) is 21.4 Å². The number of hydrogen-bond acceptors (Lipinski definition) is 3. The Morgan fingerprint density at radius 2 is 1.81 bits per heavy atom. The molecule has 5 nitrogen and oxygen atoms in total. The summed E-state index contributed by atoms with van der Waals surface area (Å²) in [6, 6.07) is 13.2. The molecule has 0 aromatic heterocycles. The zero-order valence-electron chi connectivity index (χ0n) is 14.5. The van der Waals surface area contributed by atoms with Crippen molar-refractivity contribution < 1.29 is 13.2 Å². The molecular weight excluding hydrogens is 372 g/mol. The van der Waals surface area contributed by atoms with E-state index in [2.05, 4.69) is 5.32 Å². The van der Waals surface area contributed by atoms with Crippen LogP contribution in [0.2, 0.25) is 5.02 Å². The minimum absolute atomic E-state index is 0.153. The van der Waals surface area contributed by atoms with Crippen LogP contribution < -0.4 is 5.32 Å². The first kappa shape index (κ1) is 18.9. The van der Waals surface area contributed by atoms with Gasteiger partial charge in [0.1, 0.15) is 6.04 Å². The number of nitrogens with zero attached hydrogens (tertiary/aromatic N) is 1. The zero-order chi connectivity index (χ0) is 18.7. The zero-order valence-corrected chi connectivity index (χ0v) is 16.1. The van der Waals surface area contributed by atoms with Crippen LogP contribution in [0.15, 0.2) is 53.4 Å². The summed E-state index contributed by atoms with van der Waals surface area (Å²) in [6.45, 7) is 2.72. The first-order chi connectivity index (χ1) is 12.4. The van der Waals surface area contributed by atoms with Gasteiger partial charge in [-0.05, 0) is 49.6 Å². The number of nitrogens with one attached hydrogen (secondary N) is 1. The molecular formula is C19H21ClN2O3S. The largest absolute Gasteiger partial charge is 0.351 e. The molecule has 7 heteroatoms. The lowest BCUT2D eigenvalue weighted by Gasteiger charge is -2.23. The topological polar surface area (TPSA) is 66.5 Å². The molecule has 1 aliphatic heterocycles. The number of hydrogen-bond donors (Lipinski definition) is 1. The number of carbonyl (C=O) groups is 1. The summed E-state index contributed by atoms with van der Waals surface area (Å²) in [5.41, 5.74) is 2.13. The van der Waals surface area contributed by atoms with Crippen molar-refractivity contribution in [3.8, 4) is 0 Å². The van der Waals surface area contributed by atoms with E-state index in [0.717, 1.165) is 11.1 Å². The standard InChI is InChI=1S/C19H21ClN2O3S/c1-14-4-6-15(7-5-14)13-21-19(23)18-3-2-12-22(18)26(24,25)17-10-8-16(20)9-11-17/h4-11,18H,2-3,12-13H2,1H3,(H,21,23)/t18-/m1/s1. The molecule has 1 N–H and O–H groups in total. The molecule has 0 radical (unpaired) electrons. The maximum Gasteiger partial charge on any atom is 0.243 e. The monoisotopic (exact) mass is 392 g/mol. The van der Waals surface area contributed by atoms with Gasteiger partial charge >= 0.3 is 0 Å². The third kappa shape index (κ3) is 4.09. The van der Waals surface area contributed by atoms with E-state index in [4.69, 9.17) is 11.6 Å². The third-order valence-corrected chi connectivity index (χ3v) is 6.69. The minimum atomic E-state index is -3.72. The van der Waals surface area contributed by atoms with Crippen molar-refractivity contribution in [2.24, 2.45) is 0 Å². The Morgan fingerprint density at radius 3 is 2.46 bits per heavy atom. The summed E-state index contributed by atoms with van der Waals surface area (Å²) in [7, 11) is -3.72. The fourth-order valence-electron chi connectivity index (χ4n) is 3.04. The summed E-state index contributed by atoms with van der Waals surface area (Å²) < 4.78 is 27.0. The molecule has 1 aliphatic rings. The number of amides is 1. The smallest absolute Gasteiger partial charge is 0.243 e. The van der Waals surface area contributed by atoms with Crippen LogP contribution >= 0.6 is 11.6 Å². The van der Waals surface area contributed by atoms with Gasteiger partial charge < -0.3 is 5.32 Å². The second-order valence-electron chi connectivity index (χ2n) is 6.43. The average Bonchev–Trinajstić information content (AvgIpc) is 3.12. The summed E-state index contributed by atoms with van der Waals surface area (Å²) in [6.07, 6.45) is 1.18. The average molecular weight is 393 g/mol. The molecule has 0 bridgehead atoms. The number of halogens is 1. The van der Waals surface area contributed by atoms with Gasteiger partial charge in [-0.25, -0.2) is 8.42 Å². The molecule has 0 saturated carbocycles. The lowest BCUT2D eigenvalue weighted by Crippen LogP contribution is -2.45. The predicted octanol–water partition coefficient (Wildman–Crippen LogP) is 3.12. The normalized spacial score (nSPS) is 18.0. The molecule has 1 atom stereocenters. The fourth-order valence-corrected chi connectivity index (χ4v) is 4.83. The van der Waals surface area contributed by atoms with Crippen LogP contribution in [0.3, 0.4) is 0 Å². The Morgan fingerprint density at radius 1 is 1.15 bits per heavy atom. The van der Waals surface area contributed by atoms with Gasteiger partial charge in [0.2, 0.25) is 15.9 Å². The molecule has 3 rings (SSSR count). The van der Waals surface area contributed by atoms with E-state index in [1.807, 2.05) is 31.2 Å². The second kappa shape index (κ2) is 7.78. The van der Waals surface area contributed by atoms with Gasteiger partial charge in [0.05, 0.1) is 4.90 Å². The number of rotatable bonds is 5. The quantitative estimate of drug-likeness (QED) is 0.850. The van der Waals surface area contributed by atoms with Crippen molar-refractivity contribution in [2.75, 3.05) is 6.54 Å². The highest BCUT2D eigenvalue weighted by Crippen LogP contribution is 2.27. The summed E-state index contributed by atoms with van der Waals surface area (Å²) in [5.74, 6) is -0.263. The van der Waals surface area contributed by atoms with Crippen molar-refractivity contribution in [1.29, 1.82) is 0 Å². The predicted molar refractivity (Wildman–Crippen MR) is 101 cm³/mol. The summed E-state index contributed by atoms with van der Waals surface area (Å²) >= 11 is 5.84. The van der Waals surface area contributed by atoms with Gasteiger partial charge in [-0.3, -0.25) is 4.79 Å². The molecule has 1 amide bonds. The Bertz CT molecular complexity index is 880. The molecule has 1 saturated heterocycles. The SMILES string of the molecule is Cc1ccc(CNC(=O)[C@H]2CCCN2S(=O)(=O)c2ccc(Cl)cc2)cc1. The highest BCUT2D eigenvalue weighted by Gasteiger charge is 2.39. The fraction of sp³-hybridized carbons (Fsp3) is 0.316. The van der Waals surface area contributed by atoms with Crippen molar-refractivity contribution in [3.05, 3.63) is 64.7 Å². The van der Waals surface area contributed by atoms with Crippen LogP contribution in [0.4, 0.5) is 0 Å². The van der Waals surface area contributed by atoms with Crippen LogP contribution in [-0.4, -0.2) is 31.2 Å². The molecule has 0 unspecified atom stereocenters. The highest BCUT2D eigenvalue weighted by atomic mass is 35.5. The molecule has 26 heavy (non-hydrogen) atoms. The molecule has 0 aliphatic carbocycles. The number of benzene rings is 2. The van der Waals surface area contributed by atoms with Crippen LogP contribution in [0.5, 0.6) is 0 Å². The van der Waals surface area contributed by atoms with E-state index >= 15 is 0 Å². The molecule has 2 aromatic carbocycles. The van der Waals surface area contributed by atoms with Crippen molar-refractivity contribution in [3.63, 3.8) is 0 Å². The van der Waals surface area contributed by atoms with Gasteiger partial charge in [-0.2, -0.15) is 4.31 Å². The van der Waals surface area contributed by atoms with Crippen LogP contribution in [0.1, 0.15) is 24.0 Å². The van der Waals surface area contributed by atoms with Gasteiger partial charge in [0.25, 0.3) is 0 Å². The molecule has 1 heterocycles. The highest BCUT2D eigenvalue weighted by molar-refractivity contribution is 7.89.